The summed E-state index contributed by atoms with van der Waals surface area (Å²) < 4.78 is 14.2. The number of hydrogen-bond donors (Lipinski definition) is 1. The average Bonchev–Trinajstić information content (AvgIpc) is 3.34. The van der Waals surface area contributed by atoms with Crippen molar-refractivity contribution in [3.63, 3.8) is 0 Å². The Balaban J connectivity index is 1.37. The van der Waals surface area contributed by atoms with Crippen LogP contribution in [-0.2, 0) is 16.1 Å². The highest BCUT2D eigenvalue weighted by Crippen LogP contribution is 2.28. The van der Waals surface area contributed by atoms with Gasteiger partial charge in [-0.3, -0.25) is 14.6 Å². The number of anilines is 1. The molecule has 6 nitrogen and oxygen atoms in total. The molecule has 2 aromatic heterocycles. The molecule has 2 amide bonds. The van der Waals surface area contributed by atoms with Gasteiger partial charge in [-0.1, -0.05) is 6.07 Å². The van der Waals surface area contributed by atoms with Gasteiger partial charge in [0.15, 0.2) is 0 Å². The van der Waals surface area contributed by atoms with E-state index in [0.29, 0.717) is 0 Å². The molecule has 29 heavy (non-hydrogen) atoms. The van der Waals surface area contributed by atoms with E-state index in [2.05, 4.69) is 15.3 Å². The number of rotatable bonds is 5. The Labute approximate surface area is 171 Å². The van der Waals surface area contributed by atoms with Gasteiger partial charge in [0.1, 0.15) is 10.8 Å². The molecule has 148 valence electrons. The largest absolute Gasteiger partial charge is 0.349 e. The molecule has 1 aliphatic rings. The quantitative estimate of drug-likeness (QED) is 0.700. The van der Waals surface area contributed by atoms with E-state index in [4.69, 9.17) is 0 Å². The number of benzene rings is 1. The van der Waals surface area contributed by atoms with Crippen LogP contribution in [0.4, 0.5) is 10.1 Å². The van der Waals surface area contributed by atoms with E-state index in [-0.39, 0.29) is 37.0 Å². The van der Waals surface area contributed by atoms with E-state index in [9.17, 15) is 14.0 Å². The minimum atomic E-state index is -0.511. The predicted octanol–water partition coefficient (Wildman–Crippen LogP) is 3.32. The molecule has 3 heterocycles. The van der Waals surface area contributed by atoms with Crippen molar-refractivity contribution in [1.29, 1.82) is 0 Å². The molecular weight excluding hydrogens is 391 g/mol. The minimum Gasteiger partial charge on any atom is -0.349 e. The molecular formula is C21H19FN4O2S. The van der Waals surface area contributed by atoms with Crippen LogP contribution in [0.5, 0.6) is 0 Å². The summed E-state index contributed by atoms with van der Waals surface area (Å²) in [5.41, 5.74) is 2.80. The third-order valence-electron chi connectivity index (χ3n) is 4.83. The Bertz CT molecular complexity index is 1050. The standard InChI is InChI=1S/C21H19FN4O2S/c1-13-2-3-18(16(22)8-13)26-11-15(9-20(26)27)21(28)24-10-19-25-17(12-29-19)14-4-6-23-7-5-14/h2-8,12,15H,9-11H2,1H3,(H,24,28). The van der Waals surface area contributed by atoms with Crippen molar-refractivity contribution in [1.82, 2.24) is 15.3 Å². The maximum Gasteiger partial charge on any atom is 0.227 e. The van der Waals surface area contributed by atoms with Crippen molar-refractivity contribution >= 4 is 28.8 Å². The maximum atomic E-state index is 14.2. The lowest BCUT2D eigenvalue weighted by Crippen LogP contribution is -2.32. The van der Waals surface area contributed by atoms with Gasteiger partial charge >= 0.3 is 0 Å². The fraction of sp³-hybridized carbons (Fsp3) is 0.238. The first kappa shape index (κ1) is 19.2. The van der Waals surface area contributed by atoms with Crippen molar-refractivity contribution in [2.75, 3.05) is 11.4 Å². The number of amides is 2. The lowest BCUT2D eigenvalue weighted by molar-refractivity contribution is -0.126. The van der Waals surface area contributed by atoms with Gasteiger partial charge < -0.3 is 10.2 Å². The zero-order valence-electron chi connectivity index (χ0n) is 15.8. The number of carbonyl (C=O) groups excluding carboxylic acids is 2. The molecule has 1 fully saturated rings. The van der Waals surface area contributed by atoms with Crippen LogP contribution in [0.25, 0.3) is 11.3 Å². The zero-order chi connectivity index (χ0) is 20.4. The molecule has 1 aliphatic heterocycles. The Kier molecular flexibility index (Phi) is 5.35. The summed E-state index contributed by atoms with van der Waals surface area (Å²) >= 11 is 1.46. The molecule has 0 aliphatic carbocycles. The predicted molar refractivity (Wildman–Crippen MR) is 109 cm³/mol. The van der Waals surface area contributed by atoms with Gasteiger partial charge in [0.05, 0.1) is 23.8 Å². The number of aryl methyl sites for hydroxylation is 1. The Hall–Kier alpha value is -3.13. The van der Waals surface area contributed by atoms with Crippen LogP contribution in [0.1, 0.15) is 17.0 Å². The second kappa shape index (κ2) is 8.08. The molecule has 0 spiro atoms. The van der Waals surface area contributed by atoms with Gasteiger partial charge in [0, 0.05) is 36.3 Å². The summed E-state index contributed by atoms with van der Waals surface area (Å²) in [5, 5.41) is 5.55. The first-order valence-electron chi connectivity index (χ1n) is 9.20. The fourth-order valence-corrected chi connectivity index (χ4v) is 4.04. The molecule has 1 N–H and O–H groups in total. The fourth-order valence-electron chi connectivity index (χ4n) is 3.30. The van der Waals surface area contributed by atoms with E-state index < -0.39 is 11.7 Å². The van der Waals surface area contributed by atoms with Crippen molar-refractivity contribution in [2.24, 2.45) is 5.92 Å². The minimum absolute atomic E-state index is 0.0687. The maximum absolute atomic E-state index is 14.2. The second-order valence-electron chi connectivity index (χ2n) is 6.94. The summed E-state index contributed by atoms with van der Waals surface area (Å²) in [7, 11) is 0. The van der Waals surface area contributed by atoms with Crippen LogP contribution >= 0.6 is 11.3 Å². The molecule has 8 heteroatoms. The molecule has 0 saturated carbocycles. The van der Waals surface area contributed by atoms with Crippen molar-refractivity contribution in [3.05, 3.63) is 64.5 Å². The number of hydrogen-bond acceptors (Lipinski definition) is 5. The van der Waals surface area contributed by atoms with Gasteiger partial charge in [-0.05, 0) is 36.8 Å². The van der Waals surface area contributed by atoms with E-state index in [1.807, 2.05) is 17.5 Å². The number of thiazole rings is 1. The second-order valence-corrected chi connectivity index (χ2v) is 7.88. The molecule has 1 aromatic carbocycles. The summed E-state index contributed by atoms with van der Waals surface area (Å²) in [5.74, 6) is -1.44. The van der Waals surface area contributed by atoms with E-state index in [0.717, 1.165) is 21.8 Å². The molecule has 4 rings (SSSR count). The van der Waals surface area contributed by atoms with Crippen LogP contribution in [0.15, 0.2) is 48.1 Å². The molecule has 1 atom stereocenters. The van der Waals surface area contributed by atoms with E-state index >= 15 is 0 Å². The third kappa shape index (κ3) is 4.17. The molecule has 0 bridgehead atoms. The van der Waals surface area contributed by atoms with Gasteiger partial charge in [0.25, 0.3) is 0 Å². The molecule has 3 aromatic rings. The van der Waals surface area contributed by atoms with Crippen LogP contribution < -0.4 is 10.2 Å². The first-order valence-corrected chi connectivity index (χ1v) is 10.1. The molecule has 1 unspecified atom stereocenters. The van der Waals surface area contributed by atoms with Crippen LogP contribution in [0.3, 0.4) is 0 Å². The number of nitrogens with one attached hydrogen (secondary N) is 1. The normalized spacial score (nSPS) is 16.3. The van der Waals surface area contributed by atoms with Gasteiger partial charge in [-0.2, -0.15) is 0 Å². The van der Waals surface area contributed by atoms with Gasteiger partial charge in [-0.15, -0.1) is 11.3 Å². The highest BCUT2D eigenvalue weighted by atomic mass is 32.1. The highest BCUT2D eigenvalue weighted by molar-refractivity contribution is 7.09. The summed E-state index contributed by atoms with van der Waals surface area (Å²) in [6.45, 7) is 2.25. The Morgan fingerprint density at radius 1 is 1.31 bits per heavy atom. The molecule has 0 radical (unpaired) electrons. The van der Waals surface area contributed by atoms with Crippen molar-refractivity contribution in [3.8, 4) is 11.3 Å². The number of aromatic nitrogens is 2. The third-order valence-corrected chi connectivity index (χ3v) is 5.68. The number of carbonyl (C=O) groups is 2. The van der Waals surface area contributed by atoms with Crippen LogP contribution in [0.2, 0.25) is 0 Å². The summed E-state index contributed by atoms with van der Waals surface area (Å²) in [4.78, 5) is 34.7. The van der Waals surface area contributed by atoms with Crippen molar-refractivity contribution in [2.45, 2.75) is 19.9 Å². The Morgan fingerprint density at radius 2 is 2.10 bits per heavy atom. The smallest absolute Gasteiger partial charge is 0.227 e. The van der Waals surface area contributed by atoms with Crippen LogP contribution in [-0.4, -0.2) is 28.3 Å². The monoisotopic (exact) mass is 410 g/mol. The lowest BCUT2D eigenvalue weighted by atomic mass is 10.1. The average molecular weight is 410 g/mol. The zero-order valence-corrected chi connectivity index (χ0v) is 16.6. The van der Waals surface area contributed by atoms with Gasteiger partial charge in [-0.25, -0.2) is 9.37 Å². The van der Waals surface area contributed by atoms with Gasteiger partial charge in [0.2, 0.25) is 11.8 Å². The summed E-state index contributed by atoms with van der Waals surface area (Å²) in [6, 6.07) is 8.47. The summed E-state index contributed by atoms with van der Waals surface area (Å²) in [6.07, 6.45) is 3.48. The van der Waals surface area contributed by atoms with Crippen LogP contribution in [0, 0.1) is 18.7 Å². The highest BCUT2D eigenvalue weighted by Gasteiger charge is 2.36. The van der Waals surface area contributed by atoms with E-state index in [1.165, 1.54) is 22.3 Å². The number of nitrogens with zero attached hydrogens (tertiary/aromatic N) is 3. The SMILES string of the molecule is Cc1ccc(N2CC(C(=O)NCc3nc(-c4ccncc4)cs3)CC2=O)c(F)c1. The van der Waals surface area contributed by atoms with E-state index in [1.54, 1.807) is 31.5 Å². The first-order chi connectivity index (χ1) is 14.0. The lowest BCUT2D eigenvalue weighted by Gasteiger charge is -2.17. The van der Waals surface area contributed by atoms with Crippen molar-refractivity contribution < 1.29 is 14.0 Å². The Morgan fingerprint density at radius 3 is 2.86 bits per heavy atom. The number of halogens is 1. The molecule has 1 saturated heterocycles. The topological polar surface area (TPSA) is 75.2 Å². The number of pyridine rings is 1.